The SMILES string of the molecule is O=C(O)CSc1nnnn1C1CCCSC1. The van der Waals surface area contributed by atoms with Crippen LogP contribution >= 0.6 is 23.5 Å². The number of rotatable bonds is 4. The second-order valence-electron chi connectivity index (χ2n) is 3.46. The standard InChI is InChI=1S/C8H12N4O2S2/c13-7(14)5-16-8-9-10-11-12(8)6-2-1-3-15-4-6/h6H,1-5H2,(H,13,14). The first kappa shape index (κ1) is 11.7. The molecule has 6 nitrogen and oxygen atoms in total. The molecule has 1 fully saturated rings. The third-order valence-corrected chi connectivity index (χ3v) is 4.39. The molecule has 0 aromatic carbocycles. The first-order chi connectivity index (χ1) is 7.77. The summed E-state index contributed by atoms with van der Waals surface area (Å²) in [6.45, 7) is 0. The Hall–Kier alpha value is -0.760. The van der Waals surface area contributed by atoms with Gasteiger partial charge in [0.05, 0.1) is 11.8 Å². The largest absolute Gasteiger partial charge is 0.481 e. The molecule has 0 spiro atoms. The summed E-state index contributed by atoms with van der Waals surface area (Å²) in [6, 6.07) is 0.310. The highest BCUT2D eigenvalue weighted by atomic mass is 32.2. The highest BCUT2D eigenvalue weighted by molar-refractivity contribution is 7.99. The van der Waals surface area contributed by atoms with E-state index in [1.54, 1.807) is 4.68 Å². The fourth-order valence-corrected chi connectivity index (χ4v) is 3.33. The summed E-state index contributed by atoms with van der Waals surface area (Å²) in [5.41, 5.74) is 0. The van der Waals surface area contributed by atoms with Gasteiger partial charge in [-0.1, -0.05) is 11.8 Å². The number of nitrogens with zero attached hydrogens (tertiary/aromatic N) is 4. The predicted octanol–water partition coefficient (Wildman–Crippen LogP) is 0.918. The molecule has 1 atom stereocenters. The summed E-state index contributed by atoms with van der Waals surface area (Å²) in [6.07, 6.45) is 2.23. The summed E-state index contributed by atoms with van der Waals surface area (Å²) in [7, 11) is 0. The third-order valence-electron chi connectivity index (χ3n) is 2.27. The number of carbonyl (C=O) groups is 1. The Morgan fingerprint density at radius 3 is 3.25 bits per heavy atom. The van der Waals surface area contributed by atoms with Crippen molar-refractivity contribution in [1.82, 2.24) is 20.2 Å². The normalized spacial score (nSPS) is 20.9. The second-order valence-corrected chi connectivity index (χ2v) is 5.55. The zero-order chi connectivity index (χ0) is 11.4. The molecule has 0 aliphatic carbocycles. The molecule has 1 aromatic rings. The minimum atomic E-state index is -0.849. The Balaban J connectivity index is 2.02. The van der Waals surface area contributed by atoms with E-state index in [1.165, 1.54) is 17.5 Å². The third kappa shape index (κ3) is 2.88. The van der Waals surface area contributed by atoms with Crippen molar-refractivity contribution in [2.24, 2.45) is 0 Å². The van der Waals surface area contributed by atoms with Crippen molar-refractivity contribution in [3.63, 3.8) is 0 Å². The smallest absolute Gasteiger partial charge is 0.313 e. The van der Waals surface area contributed by atoms with E-state index in [9.17, 15) is 4.79 Å². The number of carboxylic acids is 1. The van der Waals surface area contributed by atoms with Crippen LogP contribution in [-0.4, -0.2) is 48.5 Å². The van der Waals surface area contributed by atoms with Crippen LogP contribution in [0.4, 0.5) is 0 Å². The topological polar surface area (TPSA) is 80.9 Å². The molecule has 1 saturated heterocycles. The van der Waals surface area contributed by atoms with Crippen LogP contribution < -0.4 is 0 Å². The van der Waals surface area contributed by atoms with Crippen LogP contribution in [0, 0.1) is 0 Å². The van der Waals surface area contributed by atoms with Crippen LogP contribution in [0.3, 0.4) is 0 Å². The molecule has 0 amide bonds. The summed E-state index contributed by atoms with van der Waals surface area (Å²) < 4.78 is 1.76. The Bertz CT molecular complexity index is 365. The van der Waals surface area contributed by atoms with Gasteiger partial charge in [0.25, 0.3) is 0 Å². The van der Waals surface area contributed by atoms with E-state index in [0.29, 0.717) is 11.2 Å². The molecule has 2 rings (SSSR count). The molecule has 2 heterocycles. The number of tetrazole rings is 1. The summed E-state index contributed by atoms with van der Waals surface area (Å²) in [4.78, 5) is 10.5. The summed E-state index contributed by atoms with van der Waals surface area (Å²) >= 11 is 3.07. The molecule has 1 aliphatic heterocycles. The minimum absolute atomic E-state index is 0.000234. The lowest BCUT2D eigenvalue weighted by Gasteiger charge is -2.21. The molecule has 8 heteroatoms. The van der Waals surface area contributed by atoms with Gasteiger partial charge in [0.15, 0.2) is 0 Å². The van der Waals surface area contributed by atoms with Gasteiger partial charge in [-0.05, 0) is 29.0 Å². The van der Waals surface area contributed by atoms with E-state index in [4.69, 9.17) is 5.11 Å². The Morgan fingerprint density at radius 1 is 1.69 bits per heavy atom. The minimum Gasteiger partial charge on any atom is -0.481 e. The molecule has 1 N–H and O–H groups in total. The fourth-order valence-electron chi connectivity index (χ4n) is 1.55. The van der Waals surface area contributed by atoms with Gasteiger partial charge in [-0.2, -0.15) is 11.8 Å². The van der Waals surface area contributed by atoms with E-state index >= 15 is 0 Å². The van der Waals surface area contributed by atoms with Crippen LogP contribution in [0.15, 0.2) is 5.16 Å². The average Bonchev–Trinajstić information content (AvgIpc) is 2.75. The fraction of sp³-hybridized carbons (Fsp3) is 0.750. The van der Waals surface area contributed by atoms with E-state index in [0.717, 1.165) is 18.6 Å². The molecule has 16 heavy (non-hydrogen) atoms. The van der Waals surface area contributed by atoms with Crippen molar-refractivity contribution >= 4 is 29.5 Å². The highest BCUT2D eigenvalue weighted by Gasteiger charge is 2.20. The van der Waals surface area contributed by atoms with Gasteiger partial charge < -0.3 is 5.11 Å². The van der Waals surface area contributed by atoms with Crippen molar-refractivity contribution in [3.8, 4) is 0 Å². The monoisotopic (exact) mass is 260 g/mol. The number of carboxylic acid groups (broad SMARTS) is 1. The lowest BCUT2D eigenvalue weighted by molar-refractivity contribution is -0.133. The van der Waals surface area contributed by atoms with Gasteiger partial charge in [0.1, 0.15) is 0 Å². The van der Waals surface area contributed by atoms with Crippen molar-refractivity contribution < 1.29 is 9.90 Å². The van der Waals surface area contributed by atoms with Gasteiger partial charge in [-0.3, -0.25) is 4.79 Å². The van der Waals surface area contributed by atoms with Crippen LogP contribution in [0.1, 0.15) is 18.9 Å². The first-order valence-electron chi connectivity index (χ1n) is 4.97. The Morgan fingerprint density at radius 2 is 2.56 bits per heavy atom. The predicted molar refractivity (Wildman–Crippen MR) is 61.8 cm³/mol. The zero-order valence-corrected chi connectivity index (χ0v) is 10.2. The van der Waals surface area contributed by atoms with Gasteiger partial charge >= 0.3 is 5.97 Å². The summed E-state index contributed by atoms with van der Waals surface area (Å²) in [5.74, 6) is 1.35. The van der Waals surface area contributed by atoms with Crippen LogP contribution in [0.25, 0.3) is 0 Å². The molecule has 1 aliphatic rings. The lowest BCUT2D eigenvalue weighted by atomic mass is 10.2. The van der Waals surface area contributed by atoms with Crippen LogP contribution in [-0.2, 0) is 4.79 Å². The molecule has 0 saturated carbocycles. The van der Waals surface area contributed by atoms with Crippen molar-refractivity contribution in [3.05, 3.63) is 0 Å². The number of aliphatic carboxylic acids is 1. The van der Waals surface area contributed by atoms with Gasteiger partial charge in [0, 0.05) is 5.75 Å². The number of hydrogen-bond acceptors (Lipinski definition) is 6. The van der Waals surface area contributed by atoms with E-state index in [-0.39, 0.29) is 5.75 Å². The van der Waals surface area contributed by atoms with Crippen LogP contribution in [0.5, 0.6) is 0 Å². The molecule has 1 aromatic heterocycles. The van der Waals surface area contributed by atoms with E-state index in [1.807, 2.05) is 11.8 Å². The summed E-state index contributed by atoms with van der Waals surface area (Å²) in [5, 5.41) is 20.6. The maximum Gasteiger partial charge on any atom is 0.313 e. The van der Waals surface area contributed by atoms with Crippen molar-refractivity contribution in [2.75, 3.05) is 17.3 Å². The maximum absolute atomic E-state index is 10.5. The van der Waals surface area contributed by atoms with Crippen molar-refractivity contribution in [1.29, 1.82) is 0 Å². The zero-order valence-electron chi connectivity index (χ0n) is 8.57. The lowest BCUT2D eigenvalue weighted by Crippen LogP contribution is -2.18. The van der Waals surface area contributed by atoms with Gasteiger partial charge in [-0.25, -0.2) is 4.68 Å². The number of hydrogen-bond donors (Lipinski definition) is 1. The maximum atomic E-state index is 10.5. The van der Waals surface area contributed by atoms with E-state index in [2.05, 4.69) is 15.5 Å². The highest BCUT2D eigenvalue weighted by Crippen LogP contribution is 2.28. The van der Waals surface area contributed by atoms with Crippen LogP contribution in [0.2, 0.25) is 0 Å². The van der Waals surface area contributed by atoms with Crippen molar-refractivity contribution in [2.45, 2.75) is 24.0 Å². The molecule has 0 radical (unpaired) electrons. The molecule has 1 unspecified atom stereocenters. The Kier molecular flexibility index (Phi) is 4.05. The van der Waals surface area contributed by atoms with E-state index < -0.39 is 5.97 Å². The molecular weight excluding hydrogens is 248 g/mol. The molecule has 0 bridgehead atoms. The number of thioether (sulfide) groups is 2. The number of aromatic nitrogens is 4. The average molecular weight is 260 g/mol. The molecular formula is C8H12N4O2S2. The first-order valence-corrected chi connectivity index (χ1v) is 7.11. The Labute approximate surface area is 101 Å². The molecule has 88 valence electrons. The second kappa shape index (κ2) is 5.53. The van der Waals surface area contributed by atoms with Gasteiger partial charge in [0.2, 0.25) is 5.16 Å². The van der Waals surface area contributed by atoms with Gasteiger partial charge in [-0.15, -0.1) is 5.10 Å². The quantitative estimate of drug-likeness (QED) is 0.806.